The number of nitrogens with two attached hydrogens (primary N) is 1. The van der Waals surface area contributed by atoms with E-state index in [1.807, 2.05) is 0 Å². The summed E-state index contributed by atoms with van der Waals surface area (Å²) < 4.78 is 12.8. The van der Waals surface area contributed by atoms with Gasteiger partial charge in [0.1, 0.15) is 11.4 Å². The predicted octanol–water partition coefficient (Wildman–Crippen LogP) is 2.21. The van der Waals surface area contributed by atoms with Crippen molar-refractivity contribution < 1.29 is 9.50 Å². The summed E-state index contributed by atoms with van der Waals surface area (Å²) in [5.41, 5.74) is 5.14. The zero-order chi connectivity index (χ0) is 14.5. The molecule has 114 valence electrons. The highest BCUT2D eigenvalue weighted by Gasteiger charge is 2.22. The Morgan fingerprint density at radius 3 is 2.45 bits per heavy atom. The Bertz CT molecular complexity index is 433. The molecule has 1 rings (SSSR count). The van der Waals surface area contributed by atoms with Crippen molar-refractivity contribution in [2.24, 2.45) is 16.6 Å². The Hall–Kier alpha value is -0.890. The highest BCUT2D eigenvalue weighted by molar-refractivity contribution is 14.0. The van der Waals surface area contributed by atoms with Gasteiger partial charge in [-0.15, -0.1) is 24.0 Å². The summed E-state index contributed by atoms with van der Waals surface area (Å²) >= 11 is 0. The second-order valence-corrected chi connectivity index (χ2v) is 5.26. The van der Waals surface area contributed by atoms with Gasteiger partial charge in [-0.05, 0) is 30.5 Å². The minimum absolute atomic E-state index is 0. The van der Waals surface area contributed by atoms with Gasteiger partial charge in [0.15, 0.2) is 5.96 Å². The number of hydrogen-bond acceptors (Lipinski definition) is 2. The zero-order valence-corrected chi connectivity index (χ0v) is 14.4. The van der Waals surface area contributed by atoms with Crippen LogP contribution in [0.2, 0.25) is 0 Å². The average Bonchev–Trinajstić information content (AvgIpc) is 2.34. The van der Waals surface area contributed by atoms with Crippen molar-refractivity contribution in [2.45, 2.75) is 26.4 Å². The molecule has 0 aliphatic heterocycles. The molecule has 0 radical (unpaired) electrons. The molecule has 6 heteroatoms. The van der Waals surface area contributed by atoms with Crippen molar-refractivity contribution in [3.63, 3.8) is 0 Å². The monoisotopic (exact) mass is 395 g/mol. The van der Waals surface area contributed by atoms with Crippen molar-refractivity contribution >= 4 is 29.9 Å². The minimum Gasteiger partial charge on any atom is -0.384 e. The van der Waals surface area contributed by atoms with E-state index in [2.05, 4.69) is 24.2 Å². The van der Waals surface area contributed by atoms with Crippen LogP contribution in [0.15, 0.2) is 29.3 Å². The van der Waals surface area contributed by atoms with Crippen LogP contribution in [-0.2, 0) is 5.60 Å². The first-order valence-electron chi connectivity index (χ1n) is 6.33. The van der Waals surface area contributed by atoms with E-state index in [0.717, 1.165) is 6.54 Å². The molecule has 0 saturated carbocycles. The molecular weight excluding hydrogens is 372 g/mol. The average molecular weight is 395 g/mol. The third kappa shape index (κ3) is 6.51. The Balaban J connectivity index is 0.00000361. The molecule has 20 heavy (non-hydrogen) atoms. The van der Waals surface area contributed by atoms with Gasteiger partial charge in [0.2, 0.25) is 0 Å². The number of aliphatic imine (C=N–C) groups is 1. The number of guanidine groups is 1. The molecule has 4 N–H and O–H groups in total. The standard InChI is InChI=1S/C14H22FN3O.HI/c1-10(2)8-17-13(16)18-9-14(3,19)11-4-6-12(15)7-5-11;/h4-7,10,19H,8-9H2,1-3H3,(H3,16,17,18);1H. The van der Waals surface area contributed by atoms with E-state index in [9.17, 15) is 9.50 Å². The molecule has 0 spiro atoms. The largest absolute Gasteiger partial charge is 0.384 e. The third-order valence-electron chi connectivity index (χ3n) is 2.71. The minimum atomic E-state index is -1.17. The number of halogens is 2. The Kier molecular flexibility index (Phi) is 8.03. The maximum absolute atomic E-state index is 12.8. The van der Waals surface area contributed by atoms with E-state index in [1.165, 1.54) is 12.1 Å². The van der Waals surface area contributed by atoms with E-state index in [-0.39, 0.29) is 36.3 Å². The van der Waals surface area contributed by atoms with Crippen molar-refractivity contribution in [3.8, 4) is 0 Å². The van der Waals surface area contributed by atoms with Gasteiger partial charge in [-0.3, -0.25) is 4.99 Å². The maximum Gasteiger partial charge on any atom is 0.188 e. The fourth-order valence-electron chi connectivity index (χ4n) is 1.50. The Morgan fingerprint density at radius 1 is 1.40 bits per heavy atom. The first kappa shape index (κ1) is 19.1. The fraction of sp³-hybridized carbons (Fsp3) is 0.500. The van der Waals surface area contributed by atoms with E-state index >= 15 is 0 Å². The van der Waals surface area contributed by atoms with Crippen LogP contribution in [0.3, 0.4) is 0 Å². The molecule has 1 atom stereocenters. The molecule has 0 fully saturated rings. The van der Waals surface area contributed by atoms with E-state index in [1.54, 1.807) is 19.1 Å². The van der Waals surface area contributed by atoms with Gasteiger partial charge in [-0.25, -0.2) is 4.39 Å². The van der Waals surface area contributed by atoms with Gasteiger partial charge >= 0.3 is 0 Å². The second kappa shape index (κ2) is 8.41. The van der Waals surface area contributed by atoms with Crippen molar-refractivity contribution in [1.82, 2.24) is 5.32 Å². The number of nitrogens with one attached hydrogen (secondary N) is 1. The van der Waals surface area contributed by atoms with Crippen LogP contribution in [-0.4, -0.2) is 24.2 Å². The fourth-order valence-corrected chi connectivity index (χ4v) is 1.50. The van der Waals surface area contributed by atoms with Crippen LogP contribution in [0.25, 0.3) is 0 Å². The number of hydrogen-bond donors (Lipinski definition) is 3. The molecule has 1 aromatic rings. The van der Waals surface area contributed by atoms with E-state index in [4.69, 9.17) is 5.73 Å². The highest BCUT2D eigenvalue weighted by atomic mass is 127. The molecule has 0 bridgehead atoms. The van der Waals surface area contributed by atoms with Gasteiger partial charge in [0.05, 0.1) is 6.54 Å². The first-order valence-corrected chi connectivity index (χ1v) is 6.33. The summed E-state index contributed by atoms with van der Waals surface area (Å²) in [6.45, 7) is 6.60. The lowest BCUT2D eigenvalue weighted by Gasteiger charge is -2.22. The Morgan fingerprint density at radius 2 is 1.95 bits per heavy atom. The number of aliphatic hydroxyl groups is 1. The zero-order valence-electron chi connectivity index (χ0n) is 12.1. The van der Waals surface area contributed by atoms with Gasteiger partial charge in [0, 0.05) is 6.54 Å². The number of nitrogens with zero attached hydrogens (tertiary/aromatic N) is 1. The second-order valence-electron chi connectivity index (χ2n) is 5.26. The molecular formula is C14H23FIN3O. The molecule has 0 amide bonds. The molecule has 0 aliphatic rings. The quantitative estimate of drug-likeness (QED) is 0.407. The van der Waals surface area contributed by atoms with Gasteiger partial charge in [-0.1, -0.05) is 26.0 Å². The molecule has 0 heterocycles. The summed E-state index contributed by atoms with van der Waals surface area (Å²) in [5, 5.41) is 13.3. The van der Waals surface area contributed by atoms with Crippen LogP contribution >= 0.6 is 24.0 Å². The van der Waals surface area contributed by atoms with Crippen molar-refractivity contribution in [2.75, 3.05) is 13.1 Å². The maximum atomic E-state index is 12.8. The lowest BCUT2D eigenvalue weighted by Crippen LogP contribution is -2.36. The Labute approximate surface area is 136 Å². The van der Waals surface area contributed by atoms with Crippen LogP contribution < -0.4 is 11.1 Å². The lowest BCUT2D eigenvalue weighted by molar-refractivity contribution is 0.0672. The molecule has 1 unspecified atom stereocenters. The van der Waals surface area contributed by atoms with Crippen LogP contribution in [0, 0.1) is 11.7 Å². The topological polar surface area (TPSA) is 70.6 Å². The third-order valence-corrected chi connectivity index (χ3v) is 2.71. The molecule has 0 aromatic heterocycles. The van der Waals surface area contributed by atoms with Crippen molar-refractivity contribution in [3.05, 3.63) is 35.6 Å². The molecule has 4 nitrogen and oxygen atoms in total. The molecule has 0 aliphatic carbocycles. The summed E-state index contributed by atoms with van der Waals surface area (Å²) in [6, 6.07) is 5.72. The summed E-state index contributed by atoms with van der Waals surface area (Å²) in [5.74, 6) is 0.434. The summed E-state index contributed by atoms with van der Waals surface area (Å²) in [4.78, 5) is 4.11. The smallest absolute Gasteiger partial charge is 0.188 e. The van der Waals surface area contributed by atoms with Gasteiger partial charge < -0.3 is 16.2 Å². The first-order chi connectivity index (χ1) is 8.81. The number of benzene rings is 1. The summed E-state index contributed by atoms with van der Waals surface area (Å²) in [6.07, 6.45) is 0. The SMILES string of the molecule is CC(C)CNC(N)=NCC(C)(O)c1ccc(F)cc1.I. The summed E-state index contributed by atoms with van der Waals surface area (Å²) in [7, 11) is 0. The van der Waals surface area contributed by atoms with Crippen LogP contribution in [0.1, 0.15) is 26.3 Å². The molecule has 1 aromatic carbocycles. The number of rotatable bonds is 5. The normalized spacial score (nSPS) is 14.6. The predicted molar refractivity (Wildman–Crippen MR) is 90.7 cm³/mol. The van der Waals surface area contributed by atoms with Crippen molar-refractivity contribution in [1.29, 1.82) is 0 Å². The van der Waals surface area contributed by atoms with Crippen LogP contribution in [0.5, 0.6) is 0 Å². The van der Waals surface area contributed by atoms with E-state index < -0.39 is 5.60 Å². The van der Waals surface area contributed by atoms with Gasteiger partial charge in [0.25, 0.3) is 0 Å². The highest BCUT2D eigenvalue weighted by Crippen LogP contribution is 2.20. The molecule has 0 saturated heterocycles. The van der Waals surface area contributed by atoms with Crippen LogP contribution in [0.4, 0.5) is 4.39 Å². The van der Waals surface area contributed by atoms with Gasteiger partial charge in [-0.2, -0.15) is 0 Å². The lowest BCUT2D eigenvalue weighted by atomic mass is 9.96. The van der Waals surface area contributed by atoms with E-state index in [0.29, 0.717) is 17.4 Å².